The van der Waals surface area contributed by atoms with Crippen molar-refractivity contribution in [3.63, 3.8) is 0 Å². The molecule has 0 aliphatic carbocycles. The predicted octanol–water partition coefficient (Wildman–Crippen LogP) is 2.89. The maximum absolute atomic E-state index is 10.4. The van der Waals surface area contributed by atoms with Crippen molar-refractivity contribution in [3.8, 4) is 5.75 Å². The first-order valence-corrected chi connectivity index (χ1v) is 5.01. The standard InChI is InChI=1S/C11H13ClO3/c1-7-3-4-10(9(12)5-7)15-8(2)6-11(13)14/h3-5,8H,6H2,1-2H3,(H,13,14)/t8-/m0/s1. The number of aliphatic carboxylic acids is 1. The largest absolute Gasteiger partial charge is 0.489 e. The molecular weight excluding hydrogens is 216 g/mol. The molecule has 0 amide bonds. The summed E-state index contributed by atoms with van der Waals surface area (Å²) >= 11 is 5.94. The third kappa shape index (κ3) is 3.80. The monoisotopic (exact) mass is 228 g/mol. The summed E-state index contributed by atoms with van der Waals surface area (Å²) in [5.74, 6) is -0.359. The maximum Gasteiger partial charge on any atom is 0.307 e. The lowest BCUT2D eigenvalue weighted by molar-refractivity contribution is -0.138. The van der Waals surface area contributed by atoms with Gasteiger partial charge in [0.2, 0.25) is 0 Å². The molecule has 0 aliphatic heterocycles. The van der Waals surface area contributed by atoms with E-state index in [1.165, 1.54) is 0 Å². The van der Waals surface area contributed by atoms with Gasteiger partial charge in [0.15, 0.2) is 0 Å². The predicted molar refractivity (Wildman–Crippen MR) is 58.5 cm³/mol. The lowest BCUT2D eigenvalue weighted by Crippen LogP contribution is -2.16. The van der Waals surface area contributed by atoms with E-state index in [9.17, 15) is 4.79 Å². The van der Waals surface area contributed by atoms with Gasteiger partial charge in [-0.3, -0.25) is 4.79 Å². The first kappa shape index (κ1) is 11.9. The van der Waals surface area contributed by atoms with E-state index < -0.39 is 5.97 Å². The van der Waals surface area contributed by atoms with Gasteiger partial charge in [-0.25, -0.2) is 0 Å². The van der Waals surface area contributed by atoms with Crippen LogP contribution in [0.5, 0.6) is 5.75 Å². The van der Waals surface area contributed by atoms with E-state index in [0.717, 1.165) is 5.56 Å². The molecule has 1 atom stereocenters. The van der Waals surface area contributed by atoms with E-state index in [2.05, 4.69) is 0 Å². The zero-order valence-corrected chi connectivity index (χ0v) is 9.41. The summed E-state index contributed by atoms with van der Waals surface area (Å²) in [6.45, 7) is 3.63. The summed E-state index contributed by atoms with van der Waals surface area (Å²) in [5, 5.41) is 9.07. The first-order valence-electron chi connectivity index (χ1n) is 4.63. The van der Waals surface area contributed by atoms with Crippen molar-refractivity contribution in [1.29, 1.82) is 0 Å². The number of rotatable bonds is 4. The van der Waals surface area contributed by atoms with Crippen molar-refractivity contribution in [2.75, 3.05) is 0 Å². The van der Waals surface area contributed by atoms with Crippen LogP contribution < -0.4 is 4.74 Å². The van der Waals surface area contributed by atoms with E-state index in [-0.39, 0.29) is 12.5 Å². The SMILES string of the molecule is Cc1ccc(O[C@@H](C)CC(=O)O)c(Cl)c1. The molecule has 0 heterocycles. The van der Waals surface area contributed by atoms with E-state index in [0.29, 0.717) is 10.8 Å². The molecule has 0 bridgehead atoms. The Kier molecular flexibility index (Phi) is 3.97. The summed E-state index contributed by atoms with van der Waals surface area (Å²) in [6, 6.07) is 5.40. The molecule has 0 unspecified atom stereocenters. The molecule has 0 aliphatic rings. The van der Waals surface area contributed by atoms with Crippen LogP contribution in [0.1, 0.15) is 18.9 Å². The van der Waals surface area contributed by atoms with Gasteiger partial charge in [-0.2, -0.15) is 0 Å². The Morgan fingerprint density at radius 1 is 1.60 bits per heavy atom. The van der Waals surface area contributed by atoms with Crippen molar-refractivity contribution in [2.24, 2.45) is 0 Å². The van der Waals surface area contributed by atoms with E-state index in [1.54, 1.807) is 19.1 Å². The topological polar surface area (TPSA) is 46.5 Å². The van der Waals surface area contributed by atoms with Crippen LogP contribution in [0.4, 0.5) is 0 Å². The van der Waals surface area contributed by atoms with Crippen LogP contribution in [-0.2, 0) is 4.79 Å². The smallest absolute Gasteiger partial charge is 0.307 e. The second kappa shape index (κ2) is 5.03. The molecule has 82 valence electrons. The fourth-order valence-corrected chi connectivity index (χ4v) is 1.49. The molecular formula is C11H13ClO3. The number of aryl methyl sites for hydroxylation is 1. The molecule has 0 saturated heterocycles. The number of carbonyl (C=O) groups is 1. The second-order valence-corrected chi connectivity index (χ2v) is 3.87. The van der Waals surface area contributed by atoms with Crippen molar-refractivity contribution in [1.82, 2.24) is 0 Å². The van der Waals surface area contributed by atoms with Crippen molar-refractivity contribution < 1.29 is 14.6 Å². The zero-order chi connectivity index (χ0) is 11.4. The van der Waals surface area contributed by atoms with Gasteiger partial charge in [-0.05, 0) is 31.5 Å². The van der Waals surface area contributed by atoms with Gasteiger partial charge in [-0.15, -0.1) is 0 Å². The highest BCUT2D eigenvalue weighted by atomic mass is 35.5. The third-order valence-corrected chi connectivity index (χ3v) is 2.17. The van der Waals surface area contributed by atoms with Gasteiger partial charge in [-0.1, -0.05) is 17.7 Å². The highest BCUT2D eigenvalue weighted by molar-refractivity contribution is 6.32. The van der Waals surface area contributed by atoms with Gasteiger partial charge >= 0.3 is 5.97 Å². The van der Waals surface area contributed by atoms with E-state index >= 15 is 0 Å². The number of benzene rings is 1. The number of ether oxygens (including phenoxy) is 1. The fourth-order valence-electron chi connectivity index (χ4n) is 1.21. The summed E-state index contributed by atoms with van der Waals surface area (Å²) in [7, 11) is 0. The van der Waals surface area contributed by atoms with Crippen LogP contribution in [-0.4, -0.2) is 17.2 Å². The molecule has 1 rings (SSSR count). The number of carboxylic acid groups (broad SMARTS) is 1. The Labute approximate surface area is 93.6 Å². The average Bonchev–Trinajstić information content (AvgIpc) is 2.08. The lowest BCUT2D eigenvalue weighted by Gasteiger charge is -2.13. The van der Waals surface area contributed by atoms with E-state index in [1.807, 2.05) is 13.0 Å². The summed E-state index contributed by atoms with van der Waals surface area (Å²) in [6.07, 6.45) is -0.424. The minimum Gasteiger partial charge on any atom is -0.489 e. The minimum atomic E-state index is -0.884. The summed E-state index contributed by atoms with van der Waals surface area (Å²) in [4.78, 5) is 10.4. The number of halogens is 1. The quantitative estimate of drug-likeness (QED) is 0.862. The van der Waals surface area contributed by atoms with Crippen LogP contribution in [0.2, 0.25) is 5.02 Å². The lowest BCUT2D eigenvalue weighted by atomic mass is 10.2. The Morgan fingerprint density at radius 3 is 2.80 bits per heavy atom. The molecule has 1 N–H and O–H groups in total. The highest BCUT2D eigenvalue weighted by Gasteiger charge is 2.10. The maximum atomic E-state index is 10.4. The first-order chi connectivity index (χ1) is 6.99. The molecule has 0 fully saturated rings. The van der Waals surface area contributed by atoms with Gasteiger partial charge < -0.3 is 9.84 Å². The van der Waals surface area contributed by atoms with Crippen LogP contribution in [0.25, 0.3) is 0 Å². The van der Waals surface area contributed by atoms with Gasteiger partial charge in [0.25, 0.3) is 0 Å². The molecule has 3 nitrogen and oxygen atoms in total. The minimum absolute atomic E-state index is 0.0375. The number of carboxylic acids is 1. The molecule has 0 radical (unpaired) electrons. The van der Waals surface area contributed by atoms with Crippen LogP contribution >= 0.6 is 11.6 Å². The second-order valence-electron chi connectivity index (χ2n) is 3.46. The molecule has 15 heavy (non-hydrogen) atoms. The Bertz CT molecular complexity index is 363. The van der Waals surface area contributed by atoms with Gasteiger partial charge in [0, 0.05) is 0 Å². The highest BCUT2D eigenvalue weighted by Crippen LogP contribution is 2.26. The van der Waals surface area contributed by atoms with E-state index in [4.69, 9.17) is 21.4 Å². The molecule has 0 spiro atoms. The zero-order valence-electron chi connectivity index (χ0n) is 8.66. The van der Waals surface area contributed by atoms with Crippen LogP contribution in [0.3, 0.4) is 0 Å². The molecule has 4 heteroatoms. The summed E-state index contributed by atoms with van der Waals surface area (Å²) < 4.78 is 5.40. The molecule has 0 aromatic heterocycles. The number of hydrogen-bond donors (Lipinski definition) is 1. The van der Waals surface area contributed by atoms with Crippen LogP contribution in [0.15, 0.2) is 18.2 Å². The fraction of sp³-hybridized carbons (Fsp3) is 0.364. The Balaban J connectivity index is 2.68. The third-order valence-electron chi connectivity index (χ3n) is 1.88. The Hall–Kier alpha value is -1.22. The van der Waals surface area contributed by atoms with Crippen molar-refractivity contribution in [2.45, 2.75) is 26.4 Å². The Morgan fingerprint density at radius 2 is 2.27 bits per heavy atom. The van der Waals surface area contributed by atoms with Gasteiger partial charge in [0.05, 0.1) is 11.4 Å². The normalized spacial score (nSPS) is 12.2. The summed E-state index contributed by atoms with van der Waals surface area (Å²) in [5.41, 5.74) is 1.04. The number of hydrogen-bond acceptors (Lipinski definition) is 2. The molecule has 1 aromatic carbocycles. The molecule has 0 saturated carbocycles. The van der Waals surface area contributed by atoms with Crippen LogP contribution in [0, 0.1) is 6.92 Å². The van der Waals surface area contributed by atoms with Crippen molar-refractivity contribution in [3.05, 3.63) is 28.8 Å². The average molecular weight is 229 g/mol. The molecule has 1 aromatic rings. The van der Waals surface area contributed by atoms with Gasteiger partial charge in [0.1, 0.15) is 11.9 Å². The van der Waals surface area contributed by atoms with Crippen molar-refractivity contribution >= 4 is 17.6 Å².